The van der Waals surface area contributed by atoms with Gasteiger partial charge < -0.3 is 10.6 Å². The van der Waals surface area contributed by atoms with E-state index in [2.05, 4.69) is 4.72 Å². The van der Waals surface area contributed by atoms with E-state index in [1.54, 1.807) is 18.2 Å². The van der Waals surface area contributed by atoms with E-state index in [1.807, 2.05) is 32.0 Å². The maximum Gasteiger partial charge on any atom is 0.240 e. The first-order chi connectivity index (χ1) is 8.86. The summed E-state index contributed by atoms with van der Waals surface area (Å²) in [6.45, 7) is 3.02. The van der Waals surface area contributed by atoms with Crippen LogP contribution in [0.3, 0.4) is 0 Å². The van der Waals surface area contributed by atoms with E-state index in [4.69, 9.17) is 5.73 Å². The Morgan fingerprint density at radius 1 is 1.37 bits per heavy atom. The lowest BCUT2D eigenvalue weighted by Crippen LogP contribution is -2.31. The molecule has 0 aliphatic rings. The Morgan fingerprint density at radius 2 is 2.05 bits per heavy atom. The third kappa shape index (κ3) is 4.91. The third-order valence-electron chi connectivity index (χ3n) is 2.89. The van der Waals surface area contributed by atoms with Crippen LogP contribution in [-0.2, 0) is 10.0 Å². The second kappa shape index (κ2) is 7.00. The fraction of sp³-hybridized carbons (Fsp3) is 0.538. The van der Waals surface area contributed by atoms with E-state index in [-0.39, 0.29) is 10.9 Å². The van der Waals surface area contributed by atoms with E-state index in [0.717, 1.165) is 12.0 Å². The highest BCUT2D eigenvalue weighted by molar-refractivity contribution is 7.89. The molecular weight excluding hydrogens is 262 g/mol. The first kappa shape index (κ1) is 16.1. The van der Waals surface area contributed by atoms with Gasteiger partial charge in [-0.05, 0) is 38.2 Å². The van der Waals surface area contributed by atoms with Gasteiger partial charge in [0.25, 0.3) is 0 Å². The van der Waals surface area contributed by atoms with E-state index < -0.39 is 10.0 Å². The summed E-state index contributed by atoms with van der Waals surface area (Å²) in [6, 6.07) is 6.69. The molecule has 1 rings (SSSR count). The molecular formula is C13H23N3O2S. The summed E-state index contributed by atoms with van der Waals surface area (Å²) in [5, 5.41) is 0. The van der Waals surface area contributed by atoms with E-state index in [9.17, 15) is 8.42 Å². The van der Waals surface area contributed by atoms with Gasteiger partial charge in [-0.1, -0.05) is 19.1 Å². The Kier molecular flexibility index (Phi) is 5.93. The highest BCUT2D eigenvalue weighted by atomic mass is 32.2. The second-order valence-electron chi connectivity index (χ2n) is 4.79. The molecule has 0 aromatic heterocycles. The molecule has 108 valence electrons. The Bertz CT molecular complexity index is 500. The largest absolute Gasteiger partial charge is 0.324 e. The molecule has 1 atom stereocenters. The molecule has 0 amide bonds. The number of hydrogen-bond donors (Lipinski definition) is 2. The highest BCUT2D eigenvalue weighted by Crippen LogP contribution is 2.17. The van der Waals surface area contributed by atoms with Crippen molar-refractivity contribution in [3.63, 3.8) is 0 Å². The van der Waals surface area contributed by atoms with Crippen molar-refractivity contribution in [2.45, 2.75) is 24.3 Å². The second-order valence-corrected chi connectivity index (χ2v) is 6.56. The van der Waals surface area contributed by atoms with Gasteiger partial charge in [-0.25, -0.2) is 13.1 Å². The number of nitrogens with zero attached hydrogens (tertiary/aromatic N) is 1. The average Bonchev–Trinajstić information content (AvgIpc) is 2.37. The van der Waals surface area contributed by atoms with Crippen molar-refractivity contribution in [1.82, 2.24) is 9.62 Å². The first-order valence-corrected chi connectivity index (χ1v) is 7.85. The Morgan fingerprint density at radius 3 is 2.63 bits per heavy atom. The number of nitrogens with one attached hydrogen (secondary N) is 1. The van der Waals surface area contributed by atoms with E-state index >= 15 is 0 Å². The van der Waals surface area contributed by atoms with Gasteiger partial charge in [-0.2, -0.15) is 0 Å². The summed E-state index contributed by atoms with van der Waals surface area (Å²) in [6.07, 6.45) is 0.775. The van der Waals surface area contributed by atoms with Crippen LogP contribution in [0.25, 0.3) is 0 Å². The van der Waals surface area contributed by atoms with Crippen LogP contribution in [0, 0.1) is 0 Å². The third-order valence-corrected chi connectivity index (χ3v) is 4.35. The minimum absolute atomic E-state index is 0.128. The van der Waals surface area contributed by atoms with Crippen molar-refractivity contribution in [2.24, 2.45) is 5.73 Å². The number of nitrogens with two attached hydrogens (primary N) is 1. The topological polar surface area (TPSA) is 75.4 Å². The van der Waals surface area contributed by atoms with Crippen molar-refractivity contribution >= 4 is 10.0 Å². The smallest absolute Gasteiger partial charge is 0.240 e. The summed E-state index contributed by atoms with van der Waals surface area (Å²) < 4.78 is 26.8. The Hall–Kier alpha value is -0.950. The van der Waals surface area contributed by atoms with Gasteiger partial charge in [0.2, 0.25) is 10.0 Å². The lowest BCUT2D eigenvalue weighted by molar-refractivity contribution is 0.412. The van der Waals surface area contributed by atoms with Crippen LogP contribution in [0.5, 0.6) is 0 Å². The molecule has 5 nitrogen and oxygen atoms in total. The van der Waals surface area contributed by atoms with Crippen LogP contribution in [0.4, 0.5) is 0 Å². The van der Waals surface area contributed by atoms with Crippen LogP contribution in [-0.4, -0.2) is 40.5 Å². The fourth-order valence-corrected chi connectivity index (χ4v) is 2.71. The molecule has 0 heterocycles. The molecule has 1 unspecified atom stereocenters. The molecule has 1 aromatic rings. The van der Waals surface area contributed by atoms with Crippen LogP contribution in [0.2, 0.25) is 0 Å². The van der Waals surface area contributed by atoms with Crippen molar-refractivity contribution in [2.75, 3.05) is 27.2 Å². The Labute approximate surface area is 115 Å². The summed E-state index contributed by atoms with van der Waals surface area (Å²) >= 11 is 0. The minimum Gasteiger partial charge on any atom is -0.324 e. The SMILES string of the molecule is CCC(N)c1cccc(S(=O)(=O)NCCN(C)C)c1. The molecule has 1 aromatic carbocycles. The molecule has 0 radical (unpaired) electrons. The molecule has 0 bridgehead atoms. The van der Waals surface area contributed by atoms with E-state index in [1.165, 1.54) is 0 Å². The number of likely N-dealkylation sites (N-methyl/N-ethyl adjacent to an activating group) is 1. The monoisotopic (exact) mass is 285 g/mol. The molecule has 0 saturated carbocycles. The van der Waals surface area contributed by atoms with Gasteiger partial charge in [-0.3, -0.25) is 0 Å². The number of hydrogen-bond acceptors (Lipinski definition) is 4. The van der Waals surface area contributed by atoms with Crippen LogP contribution < -0.4 is 10.5 Å². The summed E-state index contributed by atoms with van der Waals surface area (Å²) in [4.78, 5) is 2.19. The van der Waals surface area contributed by atoms with Gasteiger partial charge >= 0.3 is 0 Å². The zero-order chi connectivity index (χ0) is 14.5. The highest BCUT2D eigenvalue weighted by Gasteiger charge is 2.15. The number of rotatable bonds is 7. The molecule has 0 spiro atoms. The predicted octanol–water partition coefficient (Wildman–Crippen LogP) is 0.936. The van der Waals surface area contributed by atoms with Crippen LogP contribution >= 0.6 is 0 Å². The van der Waals surface area contributed by atoms with Crippen LogP contribution in [0.1, 0.15) is 24.9 Å². The lowest BCUT2D eigenvalue weighted by Gasteiger charge is -2.13. The normalized spacial score (nSPS) is 13.7. The van der Waals surface area contributed by atoms with Gasteiger partial charge in [-0.15, -0.1) is 0 Å². The summed E-state index contributed by atoms with van der Waals surface area (Å²) in [7, 11) is 0.344. The maximum atomic E-state index is 12.1. The molecule has 6 heteroatoms. The molecule has 0 fully saturated rings. The Balaban J connectivity index is 2.83. The molecule has 0 aliphatic carbocycles. The molecule has 0 aliphatic heterocycles. The van der Waals surface area contributed by atoms with Gasteiger partial charge in [0.15, 0.2) is 0 Å². The maximum absolute atomic E-state index is 12.1. The fourth-order valence-electron chi connectivity index (χ4n) is 1.63. The lowest BCUT2D eigenvalue weighted by atomic mass is 10.1. The minimum atomic E-state index is -3.45. The van der Waals surface area contributed by atoms with E-state index in [0.29, 0.717) is 13.1 Å². The van der Waals surface area contributed by atoms with Gasteiger partial charge in [0.1, 0.15) is 0 Å². The standard InChI is InChI=1S/C13H23N3O2S/c1-4-13(14)11-6-5-7-12(10-11)19(17,18)15-8-9-16(2)3/h5-7,10,13,15H,4,8-9,14H2,1-3H3. The molecule has 0 saturated heterocycles. The molecule has 3 N–H and O–H groups in total. The number of benzene rings is 1. The van der Waals surface area contributed by atoms with Crippen LogP contribution in [0.15, 0.2) is 29.2 Å². The van der Waals surface area contributed by atoms with Crippen molar-refractivity contribution in [1.29, 1.82) is 0 Å². The van der Waals surface area contributed by atoms with Gasteiger partial charge in [0, 0.05) is 19.1 Å². The van der Waals surface area contributed by atoms with Crippen molar-refractivity contribution in [3.8, 4) is 0 Å². The zero-order valence-electron chi connectivity index (χ0n) is 11.8. The number of sulfonamides is 1. The summed E-state index contributed by atoms with van der Waals surface area (Å²) in [5.41, 5.74) is 6.77. The molecule has 19 heavy (non-hydrogen) atoms. The van der Waals surface area contributed by atoms with Crippen molar-refractivity contribution in [3.05, 3.63) is 29.8 Å². The average molecular weight is 285 g/mol. The quantitative estimate of drug-likeness (QED) is 0.781. The summed E-state index contributed by atoms with van der Waals surface area (Å²) in [5.74, 6) is 0. The zero-order valence-corrected chi connectivity index (χ0v) is 12.6. The first-order valence-electron chi connectivity index (χ1n) is 6.36. The predicted molar refractivity (Wildman–Crippen MR) is 77.4 cm³/mol. The van der Waals surface area contributed by atoms with Crippen molar-refractivity contribution < 1.29 is 8.42 Å². The van der Waals surface area contributed by atoms with Gasteiger partial charge in [0.05, 0.1) is 4.90 Å².